The summed E-state index contributed by atoms with van der Waals surface area (Å²) in [4.78, 5) is 15.0. The largest absolute Gasteiger partial charge is 0.348 e. The van der Waals surface area contributed by atoms with Crippen molar-refractivity contribution in [2.45, 2.75) is 25.9 Å². The predicted molar refractivity (Wildman–Crippen MR) is 104 cm³/mol. The Hall–Kier alpha value is -3.01. The smallest absolute Gasteiger partial charge is 0.322 e. The third-order valence-electron chi connectivity index (χ3n) is 5.03. The van der Waals surface area contributed by atoms with E-state index < -0.39 is 0 Å². The van der Waals surface area contributed by atoms with Gasteiger partial charge in [-0.25, -0.2) is 4.79 Å². The molecule has 3 aromatic rings. The number of aromatic nitrogens is 1. The number of carbonyl (C=O) groups excluding carboxylic acids is 1. The first-order valence-electron chi connectivity index (χ1n) is 9.13. The lowest BCUT2D eigenvalue weighted by Crippen LogP contribution is -2.44. The summed E-state index contributed by atoms with van der Waals surface area (Å²) < 4.78 is 2.23. The van der Waals surface area contributed by atoms with Gasteiger partial charge in [-0.3, -0.25) is 0 Å². The fourth-order valence-electron chi connectivity index (χ4n) is 3.61. The highest BCUT2D eigenvalue weighted by Gasteiger charge is 2.32. The molecule has 2 aromatic carbocycles. The second kappa shape index (κ2) is 7.08. The Morgan fingerprint density at radius 3 is 2.50 bits per heavy atom. The predicted octanol–water partition coefficient (Wildman–Crippen LogP) is 4.69. The molecule has 0 aliphatic carbocycles. The van der Waals surface area contributed by atoms with E-state index in [1.54, 1.807) is 0 Å². The molecule has 0 saturated carbocycles. The van der Waals surface area contributed by atoms with Crippen molar-refractivity contribution in [2.24, 2.45) is 0 Å². The zero-order valence-electron chi connectivity index (χ0n) is 14.9. The standard InChI is InChI=1S/C22H23N3O/c1-2-17-10-12-19(13-11-17)23-22(26)25-16-15-24-14-6-9-20(24)21(25)18-7-4-3-5-8-18/h3-14,21H,2,15-16H2,1H3,(H,23,26). The van der Waals surface area contributed by atoms with Crippen LogP contribution < -0.4 is 5.32 Å². The number of benzene rings is 2. The minimum atomic E-state index is -0.0742. The molecule has 1 atom stereocenters. The summed E-state index contributed by atoms with van der Waals surface area (Å²) in [6.45, 7) is 3.62. The van der Waals surface area contributed by atoms with Crippen LogP contribution in [0, 0.1) is 0 Å². The fourth-order valence-corrected chi connectivity index (χ4v) is 3.61. The van der Waals surface area contributed by atoms with Crippen molar-refractivity contribution in [1.82, 2.24) is 9.47 Å². The van der Waals surface area contributed by atoms with Gasteiger partial charge in [-0.05, 0) is 41.8 Å². The lowest BCUT2D eigenvalue weighted by molar-refractivity contribution is 0.182. The Bertz CT molecular complexity index is 883. The lowest BCUT2D eigenvalue weighted by atomic mass is 10.0. The Kier molecular flexibility index (Phi) is 4.48. The summed E-state index contributed by atoms with van der Waals surface area (Å²) in [5.74, 6) is 0. The van der Waals surface area contributed by atoms with Gasteiger partial charge in [-0.15, -0.1) is 0 Å². The van der Waals surface area contributed by atoms with Crippen LogP contribution >= 0.6 is 0 Å². The van der Waals surface area contributed by atoms with Crippen LogP contribution in [0.1, 0.15) is 29.8 Å². The number of urea groups is 1. The SMILES string of the molecule is CCc1ccc(NC(=O)N2CCn3cccc3C2c2ccccc2)cc1. The van der Waals surface area contributed by atoms with Gasteiger partial charge in [-0.2, -0.15) is 0 Å². The van der Waals surface area contributed by atoms with Gasteiger partial charge < -0.3 is 14.8 Å². The average Bonchev–Trinajstić information content (AvgIpc) is 3.17. The number of nitrogens with one attached hydrogen (secondary N) is 1. The van der Waals surface area contributed by atoms with Gasteiger partial charge in [0.05, 0.1) is 6.04 Å². The van der Waals surface area contributed by atoms with Crippen LogP contribution in [0.2, 0.25) is 0 Å². The molecular weight excluding hydrogens is 322 g/mol. The van der Waals surface area contributed by atoms with Gasteiger partial charge in [-0.1, -0.05) is 49.4 Å². The first-order valence-corrected chi connectivity index (χ1v) is 9.13. The molecule has 0 radical (unpaired) electrons. The van der Waals surface area contributed by atoms with Crippen LogP contribution in [0.5, 0.6) is 0 Å². The minimum Gasteiger partial charge on any atom is -0.348 e. The lowest BCUT2D eigenvalue weighted by Gasteiger charge is -2.37. The van der Waals surface area contributed by atoms with Crippen LogP contribution in [-0.4, -0.2) is 22.0 Å². The highest BCUT2D eigenvalue weighted by atomic mass is 16.2. The topological polar surface area (TPSA) is 37.3 Å². The second-order valence-electron chi connectivity index (χ2n) is 6.61. The van der Waals surface area contributed by atoms with Gasteiger partial charge in [0.2, 0.25) is 0 Å². The molecule has 1 aliphatic heterocycles. The Balaban J connectivity index is 1.62. The van der Waals surface area contributed by atoms with E-state index in [9.17, 15) is 4.79 Å². The number of hydrogen-bond acceptors (Lipinski definition) is 1. The maximum atomic E-state index is 13.0. The Morgan fingerprint density at radius 2 is 1.77 bits per heavy atom. The molecule has 1 aromatic heterocycles. The molecular formula is C22H23N3O. The Morgan fingerprint density at radius 1 is 1.00 bits per heavy atom. The molecule has 1 N–H and O–H groups in total. The van der Waals surface area contributed by atoms with Gasteiger partial charge in [0.1, 0.15) is 0 Å². The zero-order valence-corrected chi connectivity index (χ0v) is 14.9. The van der Waals surface area contributed by atoms with Crippen molar-refractivity contribution in [2.75, 3.05) is 11.9 Å². The number of fused-ring (bicyclic) bond motifs is 1. The van der Waals surface area contributed by atoms with Crippen LogP contribution in [0.3, 0.4) is 0 Å². The van der Waals surface area contributed by atoms with E-state index in [4.69, 9.17) is 0 Å². The maximum Gasteiger partial charge on any atom is 0.322 e. The van der Waals surface area contributed by atoms with Crippen molar-refractivity contribution in [1.29, 1.82) is 0 Å². The van der Waals surface area contributed by atoms with Crippen LogP contribution in [0.25, 0.3) is 0 Å². The van der Waals surface area contributed by atoms with Gasteiger partial charge in [0.25, 0.3) is 0 Å². The van der Waals surface area contributed by atoms with Crippen LogP contribution in [0.4, 0.5) is 10.5 Å². The van der Waals surface area contributed by atoms with Crippen molar-refractivity contribution in [3.05, 3.63) is 89.7 Å². The molecule has 4 nitrogen and oxygen atoms in total. The summed E-state index contributed by atoms with van der Waals surface area (Å²) in [5.41, 5.74) is 4.38. The zero-order chi connectivity index (χ0) is 17.9. The average molecular weight is 345 g/mol. The van der Waals surface area contributed by atoms with Gasteiger partial charge in [0.15, 0.2) is 0 Å². The molecule has 26 heavy (non-hydrogen) atoms. The van der Waals surface area contributed by atoms with E-state index in [1.165, 1.54) is 5.56 Å². The first kappa shape index (κ1) is 16.5. The number of aryl methyl sites for hydroxylation is 1. The molecule has 132 valence electrons. The quantitative estimate of drug-likeness (QED) is 0.735. The molecule has 0 fully saturated rings. The monoisotopic (exact) mass is 345 g/mol. The van der Waals surface area contributed by atoms with Crippen LogP contribution in [0.15, 0.2) is 72.9 Å². The first-order chi connectivity index (χ1) is 12.8. The fraction of sp³-hybridized carbons (Fsp3) is 0.227. The summed E-state index contributed by atoms with van der Waals surface area (Å²) in [5, 5.41) is 3.06. The third-order valence-corrected chi connectivity index (χ3v) is 5.03. The summed E-state index contributed by atoms with van der Waals surface area (Å²) in [7, 11) is 0. The molecule has 4 rings (SSSR count). The highest BCUT2D eigenvalue weighted by molar-refractivity contribution is 5.90. The summed E-state index contributed by atoms with van der Waals surface area (Å²) in [6, 6.07) is 22.3. The summed E-state index contributed by atoms with van der Waals surface area (Å²) >= 11 is 0. The van der Waals surface area contributed by atoms with Crippen molar-refractivity contribution >= 4 is 11.7 Å². The second-order valence-corrected chi connectivity index (χ2v) is 6.61. The highest BCUT2D eigenvalue weighted by Crippen LogP contribution is 2.32. The van der Waals surface area contributed by atoms with Crippen LogP contribution in [-0.2, 0) is 13.0 Å². The number of anilines is 1. The molecule has 1 aliphatic rings. The molecule has 0 spiro atoms. The van der Waals surface area contributed by atoms with E-state index >= 15 is 0 Å². The number of amides is 2. The van der Waals surface area contributed by atoms with E-state index in [1.807, 2.05) is 35.2 Å². The van der Waals surface area contributed by atoms with E-state index in [0.29, 0.717) is 6.54 Å². The van der Waals surface area contributed by atoms with E-state index in [-0.39, 0.29) is 12.1 Å². The molecule has 1 unspecified atom stereocenters. The van der Waals surface area contributed by atoms with E-state index in [0.717, 1.165) is 29.9 Å². The molecule has 2 amide bonds. The molecule has 0 bridgehead atoms. The van der Waals surface area contributed by atoms with Gasteiger partial charge >= 0.3 is 6.03 Å². The normalized spacial score (nSPS) is 16.2. The maximum absolute atomic E-state index is 13.0. The molecule has 2 heterocycles. The minimum absolute atomic E-state index is 0.0597. The third kappa shape index (κ3) is 3.10. The molecule has 4 heteroatoms. The number of nitrogens with zero attached hydrogens (tertiary/aromatic N) is 2. The number of carbonyl (C=O) groups is 1. The van der Waals surface area contributed by atoms with Crippen molar-refractivity contribution in [3.8, 4) is 0 Å². The Labute approximate surface area is 154 Å². The van der Waals surface area contributed by atoms with E-state index in [2.05, 4.69) is 59.4 Å². The summed E-state index contributed by atoms with van der Waals surface area (Å²) in [6.07, 6.45) is 3.08. The van der Waals surface area contributed by atoms with Crippen molar-refractivity contribution < 1.29 is 4.79 Å². The number of hydrogen-bond donors (Lipinski definition) is 1. The molecule has 0 saturated heterocycles. The number of rotatable bonds is 3. The van der Waals surface area contributed by atoms with Gasteiger partial charge in [0, 0.05) is 30.7 Å². The van der Waals surface area contributed by atoms with Crippen molar-refractivity contribution in [3.63, 3.8) is 0 Å².